The van der Waals surface area contributed by atoms with Gasteiger partial charge in [-0.1, -0.05) is 206 Å². The van der Waals surface area contributed by atoms with Crippen molar-refractivity contribution in [2.24, 2.45) is 5.92 Å². The molecule has 1 rings (SSSR count). The average molecular weight is 640 g/mol. The molecule has 0 heterocycles. The van der Waals surface area contributed by atoms with Crippen molar-refractivity contribution in [2.75, 3.05) is 19.6 Å². The molecular weight excluding hydrogens is 558 g/mol. The van der Waals surface area contributed by atoms with Crippen molar-refractivity contribution in [3.05, 3.63) is 35.4 Å². The van der Waals surface area contributed by atoms with E-state index < -0.39 is 0 Å². The first-order chi connectivity index (χ1) is 22.7. The molecule has 0 aliphatic rings. The van der Waals surface area contributed by atoms with Crippen molar-refractivity contribution < 1.29 is 4.79 Å². The van der Waals surface area contributed by atoms with E-state index in [1.807, 2.05) is 19.1 Å². The smallest absolute Gasteiger partial charge is 0.162 e. The van der Waals surface area contributed by atoms with Gasteiger partial charge in [0.15, 0.2) is 5.78 Å². The van der Waals surface area contributed by atoms with E-state index >= 15 is 0 Å². The summed E-state index contributed by atoms with van der Waals surface area (Å²) in [4.78, 5) is 15.2. The first-order valence-corrected chi connectivity index (χ1v) is 21.0. The van der Waals surface area contributed by atoms with Gasteiger partial charge in [0, 0.05) is 12.0 Å². The van der Waals surface area contributed by atoms with Gasteiger partial charge in [-0.25, -0.2) is 0 Å². The Hall–Kier alpha value is -1.15. The summed E-state index contributed by atoms with van der Waals surface area (Å²) in [7, 11) is 0. The monoisotopic (exact) mass is 640 g/mol. The van der Waals surface area contributed by atoms with Crippen molar-refractivity contribution in [3.8, 4) is 0 Å². The second-order valence-corrected chi connectivity index (χ2v) is 14.7. The summed E-state index contributed by atoms with van der Waals surface area (Å²) in [5.41, 5.74) is 2.20. The minimum Gasteiger partial charge on any atom is -0.303 e. The quantitative estimate of drug-likeness (QED) is 0.0544. The molecule has 0 saturated heterocycles. The zero-order chi connectivity index (χ0) is 33.3. The van der Waals surface area contributed by atoms with Crippen LogP contribution < -0.4 is 0 Å². The van der Waals surface area contributed by atoms with Crippen molar-refractivity contribution in [1.82, 2.24) is 4.90 Å². The van der Waals surface area contributed by atoms with Gasteiger partial charge < -0.3 is 4.90 Å². The molecule has 46 heavy (non-hydrogen) atoms. The number of nitrogens with zero attached hydrogens (tertiary/aromatic N) is 1. The maximum absolute atomic E-state index is 12.4. The average Bonchev–Trinajstić information content (AvgIpc) is 3.07. The fraction of sp³-hybridized carbons (Fsp3) is 0.841. The lowest BCUT2D eigenvalue weighted by Gasteiger charge is -2.23. The lowest BCUT2D eigenvalue weighted by Crippen LogP contribution is -2.27. The van der Waals surface area contributed by atoms with Crippen LogP contribution in [-0.2, 0) is 6.42 Å². The number of unbranched alkanes of at least 4 members (excludes halogenated alkanes) is 19. The molecule has 0 fully saturated rings. The Bertz CT molecular complexity index is 772. The topological polar surface area (TPSA) is 20.3 Å². The molecule has 0 radical (unpaired) electrons. The number of carbonyl (C=O) groups excluding carboxylic acids is 1. The summed E-state index contributed by atoms with van der Waals surface area (Å²) >= 11 is 0. The number of rotatable bonds is 35. The largest absolute Gasteiger partial charge is 0.303 e. The highest BCUT2D eigenvalue weighted by atomic mass is 16.1. The molecule has 0 N–H and O–H groups in total. The summed E-state index contributed by atoms with van der Waals surface area (Å²) in [6.07, 6.45) is 39.7. The molecule has 0 aromatic heterocycles. The highest BCUT2D eigenvalue weighted by Gasteiger charge is 2.11. The van der Waals surface area contributed by atoms with Crippen LogP contribution in [-0.4, -0.2) is 30.3 Å². The molecule has 0 atom stereocenters. The van der Waals surface area contributed by atoms with E-state index in [4.69, 9.17) is 0 Å². The van der Waals surface area contributed by atoms with Crippen LogP contribution in [0.25, 0.3) is 0 Å². The summed E-state index contributed by atoms with van der Waals surface area (Å²) in [5, 5.41) is 0. The van der Waals surface area contributed by atoms with Crippen molar-refractivity contribution in [2.45, 2.75) is 214 Å². The first-order valence-electron chi connectivity index (χ1n) is 21.0. The van der Waals surface area contributed by atoms with Gasteiger partial charge in [-0.3, -0.25) is 4.79 Å². The standard InChI is InChI=1S/C44H81NO/c1-5-9-12-15-19-24-32-41(33-25-20-16-13-10-6-2)34-26-21-18-23-30-39-45(38-29-22-17-14-11-7-3)40-31-36-42-35-27-28-37-43(42)44(46)8-4/h27-28,35,37,41H,5-26,29-34,36,38-40H2,1-4H3. The van der Waals surface area contributed by atoms with Crippen LogP contribution in [0, 0.1) is 5.92 Å². The molecule has 1 aromatic carbocycles. The lowest BCUT2D eigenvalue weighted by molar-refractivity contribution is 0.0987. The number of carbonyl (C=O) groups is 1. The van der Waals surface area contributed by atoms with E-state index in [2.05, 4.69) is 37.8 Å². The molecule has 1 aromatic rings. The molecule has 268 valence electrons. The molecule has 2 heteroatoms. The third-order valence-electron chi connectivity index (χ3n) is 10.4. The predicted octanol–water partition coefficient (Wildman–Crippen LogP) is 14.3. The predicted molar refractivity (Wildman–Crippen MR) is 206 cm³/mol. The summed E-state index contributed by atoms with van der Waals surface area (Å²) < 4.78 is 0. The summed E-state index contributed by atoms with van der Waals surface area (Å²) in [6.45, 7) is 12.6. The van der Waals surface area contributed by atoms with Crippen LogP contribution in [0.2, 0.25) is 0 Å². The van der Waals surface area contributed by atoms with Crippen LogP contribution >= 0.6 is 0 Å². The van der Waals surface area contributed by atoms with Gasteiger partial charge in [-0.2, -0.15) is 0 Å². The van der Waals surface area contributed by atoms with Crippen LogP contribution in [0.1, 0.15) is 223 Å². The summed E-state index contributed by atoms with van der Waals surface area (Å²) in [5.74, 6) is 1.28. The van der Waals surface area contributed by atoms with E-state index in [0.29, 0.717) is 6.42 Å². The van der Waals surface area contributed by atoms with E-state index in [9.17, 15) is 4.79 Å². The Morgan fingerprint density at radius 2 is 0.891 bits per heavy atom. The Morgan fingerprint density at radius 3 is 1.35 bits per heavy atom. The van der Waals surface area contributed by atoms with Gasteiger partial charge in [0.05, 0.1) is 0 Å². The third kappa shape index (κ3) is 24.1. The van der Waals surface area contributed by atoms with Crippen LogP contribution in [0.15, 0.2) is 24.3 Å². The normalized spacial score (nSPS) is 11.7. The van der Waals surface area contributed by atoms with Gasteiger partial charge in [0.1, 0.15) is 0 Å². The molecule has 0 amide bonds. The van der Waals surface area contributed by atoms with Crippen molar-refractivity contribution in [3.63, 3.8) is 0 Å². The van der Waals surface area contributed by atoms with Crippen molar-refractivity contribution >= 4 is 5.78 Å². The van der Waals surface area contributed by atoms with Gasteiger partial charge in [0.25, 0.3) is 0 Å². The second-order valence-electron chi connectivity index (χ2n) is 14.7. The van der Waals surface area contributed by atoms with Gasteiger partial charge in [-0.05, 0) is 56.8 Å². The zero-order valence-corrected chi connectivity index (χ0v) is 31.9. The summed E-state index contributed by atoms with van der Waals surface area (Å²) in [6, 6.07) is 8.32. The van der Waals surface area contributed by atoms with E-state index in [-0.39, 0.29) is 5.78 Å². The highest BCUT2D eigenvalue weighted by molar-refractivity contribution is 5.97. The van der Waals surface area contributed by atoms with Gasteiger partial charge in [0.2, 0.25) is 0 Å². The molecule has 0 aliphatic heterocycles. The Labute approximate surface area is 289 Å². The minimum atomic E-state index is 0.288. The zero-order valence-electron chi connectivity index (χ0n) is 31.9. The van der Waals surface area contributed by atoms with Gasteiger partial charge in [-0.15, -0.1) is 0 Å². The fourth-order valence-corrected chi connectivity index (χ4v) is 7.30. The number of benzene rings is 1. The molecule has 0 aliphatic carbocycles. The number of ketones is 1. The highest BCUT2D eigenvalue weighted by Crippen LogP contribution is 2.25. The second kappa shape index (κ2) is 32.4. The number of hydrogen-bond acceptors (Lipinski definition) is 2. The van der Waals surface area contributed by atoms with Gasteiger partial charge >= 0.3 is 0 Å². The molecule has 2 nitrogen and oxygen atoms in total. The Morgan fingerprint density at radius 1 is 0.500 bits per heavy atom. The van der Waals surface area contributed by atoms with Crippen LogP contribution in [0.3, 0.4) is 0 Å². The number of Topliss-reactive ketones (excluding diaryl/α,β-unsaturated/α-hetero) is 1. The first kappa shape index (κ1) is 42.9. The van der Waals surface area contributed by atoms with Crippen molar-refractivity contribution in [1.29, 1.82) is 0 Å². The molecule has 0 unspecified atom stereocenters. The van der Waals surface area contributed by atoms with E-state index in [1.54, 1.807) is 0 Å². The lowest BCUT2D eigenvalue weighted by atomic mass is 9.89. The maximum Gasteiger partial charge on any atom is 0.162 e. The SMILES string of the molecule is CCCCCCCCC(CCCCCCCC)CCCCCCCN(CCCCCCCC)CCCc1ccccc1C(=O)CC. The molecule has 0 spiro atoms. The Kier molecular flexibility index (Phi) is 30.2. The minimum absolute atomic E-state index is 0.288. The fourth-order valence-electron chi connectivity index (χ4n) is 7.30. The number of aryl methyl sites for hydroxylation is 1. The maximum atomic E-state index is 12.4. The molecule has 0 bridgehead atoms. The van der Waals surface area contributed by atoms with E-state index in [0.717, 1.165) is 24.3 Å². The number of hydrogen-bond donors (Lipinski definition) is 0. The molecule has 0 saturated carbocycles. The third-order valence-corrected chi connectivity index (χ3v) is 10.4. The van der Waals surface area contributed by atoms with Crippen LogP contribution in [0.5, 0.6) is 0 Å². The van der Waals surface area contributed by atoms with Crippen LogP contribution in [0.4, 0.5) is 0 Å². The van der Waals surface area contributed by atoms with E-state index in [1.165, 1.54) is 192 Å². The molecular formula is C44H81NO. The Balaban J connectivity index is 2.41.